The van der Waals surface area contributed by atoms with E-state index in [1.54, 1.807) is 36.4 Å². The Hall–Kier alpha value is -2.02. The maximum atomic E-state index is 11.5. The quantitative estimate of drug-likeness (QED) is 0.915. The molecule has 2 aromatic rings. The molecule has 0 aromatic heterocycles. The summed E-state index contributed by atoms with van der Waals surface area (Å²) in [6.07, 6.45) is 0.294. The number of carbonyl (C=O) groups is 1. The molecule has 3 nitrogen and oxygen atoms in total. The van der Waals surface area contributed by atoms with Gasteiger partial charge in [0.2, 0.25) is 0 Å². The van der Waals surface area contributed by atoms with E-state index in [-0.39, 0.29) is 0 Å². The molecular formula is C16H11Cl2NO2. The zero-order chi connectivity index (χ0) is 15.4. The standard InChI is InChI=1S/C16H11Cl2NO2/c17-12-5-6-13(15(18)8-12)14(16(20)21)7-10-1-3-11(9-19)4-2-10/h1-6,8,14H,7H2,(H,20,21). The molecule has 0 amide bonds. The molecule has 106 valence electrons. The lowest BCUT2D eigenvalue weighted by molar-refractivity contribution is -0.138. The molecule has 2 aromatic carbocycles. The third kappa shape index (κ3) is 3.75. The van der Waals surface area contributed by atoms with Gasteiger partial charge in [-0.15, -0.1) is 0 Å². The zero-order valence-electron chi connectivity index (χ0n) is 10.9. The van der Waals surface area contributed by atoms with Gasteiger partial charge in [-0.05, 0) is 41.8 Å². The highest BCUT2D eigenvalue weighted by Crippen LogP contribution is 2.30. The Balaban J connectivity index is 2.31. The summed E-state index contributed by atoms with van der Waals surface area (Å²) in [4.78, 5) is 11.5. The lowest BCUT2D eigenvalue weighted by atomic mass is 9.91. The third-order valence-electron chi connectivity index (χ3n) is 3.16. The van der Waals surface area contributed by atoms with Crippen LogP contribution in [0.1, 0.15) is 22.6 Å². The molecule has 0 aliphatic rings. The number of aliphatic carboxylic acids is 1. The van der Waals surface area contributed by atoms with Crippen molar-refractivity contribution in [2.24, 2.45) is 0 Å². The number of benzene rings is 2. The summed E-state index contributed by atoms with van der Waals surface area (Å²) >= 11 is 11.9. The summed E-state index contributed by atoms with van der Waals surface area (Å²) in [6, 6.07) is 13.6. The molecule has 0 bridgehead atoms. The van der Waals surface area contributed by atoms with Gasteiger partial charge in [0.1, 0.15) is 0 Å². The highest BCUT2D eigenvalue weighted by Gasteiger charge is 2.23. The molecule has 0 saturated carbocycles. The minimum Gasteiger partial charge on any atom is -0.481 e. The van der Waals surface area contributed by atoms with Crippen LogP contribution in [0.25, 0.3) is 0 Å². The molecule has 0 aliphatic heterocycles. The topological polar surface area (TPSA) is 61.1 Å². The predicted octanol–water partition coefficient (Wildman–Crippen LogP) is 4.28. The summed E-state index contributed by atoms with van der Waals surface area (Å²) in [5.41, 5.74) is 1.89. The van der Waals surface area contributed by atoms with Gasteiger partial charge in [-0.25, -0.2) is 0 Å². The average molecular weight is 320 g/mol. The molecule has 1 atom stereocenters. The maximum Gasteiger partial charge on any atom is 0.311 e. The molecule has 1 N–H and O–H groups in total. The lowest BCUT2D eigenvalue weighted by Crippen LogP contribution is -2.15. The van der Waals surface area contributed by atoms with Crippen LogP contribution in [0.3, 0.4) is 0 Å². The molecule has 0 radical (unpaired) electrons. The fourth-order valence-corrected chi connectivity index (χ4v) is 2.61. The second-order valence-corrected chi connectivity index (χ2v) is 5.41. The van der Waals surface area contributed by atoms with Crippen LogP contribution in [0, 0.1) is 11.3 Å². The minimum atomic E-state index is -0.955. The third-order valence-corrected chi connectivity index (χ3v) is 3.72. The molecule has 0 fully saturated rings. The molecule has 1 unspecified atom stereocenters. The van der Waals surface area contributed by atoms with E-state index < -0.39 is 11.9 Å². The molecule has 0 spiro atoms. The number of carboxylic acids is 1. The van der Waals surface area contributed by atoms with Crippen LogP contribution < -0.4 is 0 Å². The van der Waals surface area contributed by atoms with Crippen LogP contribution in [0.4, 0.5) is 0 Å². The van der Waals surface area contributed by atoms with Crippen molar-refractivity contribution in [3.8, 4) is 6.07 Å². The molecule has 0 saturated heterocycles. The van der Waals surface area contributed by atoms with Gasteiger partial charge in [-0.2, -0.15) is 5.26 Å². The van der Waals surface area contributed by atoms with Crippen molar-refractivity contribution in [1.29, 1.82) is 5.26 Å². The van der Waals surface area contributed by atoms with Crippen molar-refractivity contribution >= 4 is 29.2 Å². The first-order valence-electron chi connectivity index (χ1n) is 6.18. The molecule has 5 heteroatoms. The fraction of sp³-hybridized carbons (Fsp3) is 0.125. The van der Waals surface area contributed by atoms with Crippen molar-refractivity contribution in [2.45, 2.75) is 12.3 Å². The van der Waals surface area contributed by atoms with Crippen molar-refractivity contribution in [3.05, 3.63) is 69.2 Å². The van der Waals surface area contributed by atoms with Crippen LogP contribution in [0.2, 0.25) is 10.0 Å². The second kappa shape index (κ2) is 6.62. The first-order valence-corrected chi connectivity index (χ1v) is 6.93. The monoisotopic (exact) mass is 319 g/mol. The van der Waals surface area contributed by atoms with Crippen LogP contribution in [-0.4, -0.2) is 11.1 Å². The van der Waals surface area contributed by atoms with Crippen LogP contribution in [-0.2, 0) is 11.2 Å². The second-order valence-electron chi connectivity index (χ2n) is 4.57. The van der Waals surface area contributed by atoms with E-state index in [1.807, 2.05) is 6.07 Å². The SMILES string of the molecule is N#Cc1ccc(CC(C(=O)O)c2ccc(Cl)cc2Cl)cc1. The minimum absolute atomic E-state index is 0.294. The number of nitriles is 1. The number of hydrogen-bond acceptors (Lipinski definition) is 2. The first kappa shape index (κ1) is 15.4. The van der Waals surface area contributed by atoms with Gasteiger partial charge < -0.3 is 5.11 Å². The maximum absolute atomic E-state index is 11.5. The van der Waals surface area contributed by atoms with Gasteiger partial charge in [0, 0.05) is 10.0 Å². The van der Waals surface area contributed by atoms with Gasteiger partial charge >= 0.3 is 5.97 Å². The average Bonchev–Trinajstić information content (AvgIpc) is 2.46. The van der Waals surface area contributed by atoms with E-state index in [2.05, 4.69) is 0 Å². The number of halogens is 2. The molecule has 21 heavy (non-hydrogen) atoms. The van der Waals surface area contributed by atoms with Crippen LogP contribution >= 0.6 is 23.2 Å². The van der Waals surface area contributed by atoms with E-state index in [0.717, 1.165) is 5.56 Å². The summed E-state index contributed by atoms with van der Waals surface area (Å²) in [5.74, 6) is -1.72. The van der Waals surface area contributed by atoms with E-state index in [1.165, 1.54) is 6.07 Å². The van der Waals surface area contributed by atoms with E-state index >= 15 is 0 Å². The van der Waals surface area contributed by atoms with Gasteiger partial charge in [0.05, 0.1) is 17.6 Å². The van der Waals surface area contributed by atoms with Crippen molar-refractivity contribution in [2.75, 3.05) is 0 Å². The van der Waals surface area contributed by atoms with Crippen LogP contribution in [0.5, 0.6) is 0 Å². The largest absolute Gasteiger partial charge is 0.481 e. The van der Waals surface area contributed by atoms with Crippen molar-refractivity contribution in [3.63, 3.8) is 0 Å². The Morgan fingerprint density at radius 1 is 1.19 bits per heavy atom. The first-order chi connectivity index (χ1) is 10.0. The highest BCUT2D eigenvalue weighted by atomic mass is 35.5. The van der Waals surface area contributed by atoms with Crippen molar-refractivity contribution < 1.29 is 9.90 Å². The normalized spacial score (nSPS) is 11.7. The molecular weight excluding hydrogens is 309 g/mol. The number of nitrogens with zero attached hydrogens (tertiary/aromatic N) is 1. The molecule has 2 rings (SSSR count). The summed E-state index contributed by atoms with van der Waals surface area (Å²) < 4.78 is 0. The summed E-state index contributed by atoms with van der Waals surface area (Å²) in [5, 5.41) is 19.0. The number of rotatable bonds is 4. The van der Waals surface area contributed by atoms with E-state index in [4.69, 9.17) is 28.5 Å². The van der Waals surface area contributed by atoms with Crippen LogP contribution in [0.15, 0.2) is 42.5 Å². The van der Waals surface area contributed by atoms with Gasteiger partial charge in [0.25, 0.3) is 0 Å². The van der Waals surface area contributed by atoms with Gasteiger partial charge in [0.15, 0.2) is 0 Å². The van der Waals surface area contributed by atoms with E-state index in [9.17, 15) is 9.90 Å². The Kier molecular flexibility index (Phi) is 4.85. The Labute approximate surface area is 132 Å². The van der Waals surface area contributed by atoms with E-state index in [0.29, 0.717) is 27.6 Å². The number of carboxylic acid groups (broad SMARTS) is 1. The van der Waals surface area contributed by atoms with Gasteiger partial charge in [-0.1, -0.05) is 41.4 Å². The van der Waals surface area contributed by atoms with Gasteiger partial charge in [-0.3, -0.25) is 4.79 Å². The number of hydrogen-bond donors (Lipinski definition) is 1. The van der Waals surface area contributed by atoms with Crippen molar-refractivity contribution in [1.82, 2.24) is 0 Å². The Morgan fingerprint density at radius 3 is 2.38 bits per heavy atom. The fourth-order valence-electron chi connectivity index (χ4n) is 2.07. The Bertz CT molecular complexity index is 705. The highest BCUT2D eigenvalue weighted by molar-refractivity contribution is 6.35. The summed E-state index contributed by atoms with van der Waals surface area (Å²) in [7, 11) is 0. The zero-order valence-corrected chi connectivity index (χ0v) is 12.4. The Morgan fingerprint density at radius 2 is 1.86 bits per heavy atom. The predicted molar refractivity (Wildman–Crippen MR) is 81.7 cm³/mol. The smallest absolute Gasteiger partial charge is 0.311 e. The molecule has 0 aliphatic carbocycles. The lowest BCUT2D eigenvalue weighted by Gasteiger charge is -2.15. The molecule has 0 heterocycles. The summed E-state index contributed by atoms with van der Waals surface area (Å²) in [6.45, 7) is 0.